The maximum atomic E-state index is 12.0. The SMILES string of the molecule is CCOC(=O)c1ccc(NC(=O)CCC(=O)OCC(=O)Nc2cccc(OC)c2)cc1. The van der Waals surface area contributed by atoms with Crippen LogP contribution < -0.4 is 15.4 Å². The normalized spacial score (nSPS) is 10.0. The molecule has 0 fully saturated rings. The molecule has 0 aliphatic rings. The summed E-state index contributed by atoms with van der Waals surface area (Å²) in [5, 5.41) is 5.20. The number of ether oxygens (including phenoxy) is 3. The Hall–Kier alpha value is -3.88. The largest absolute Gasteiger partial charge is 0.497 e. The van der Waals surface area contributed by atoms with Crippen LogP contribution in [-0.4, -0.2) is 44.1 Å². The third kappa shape index (κ3) is 8.17. The Kier molecular flexibility index (Phi) is 9.03. The molecule has 0 heterocycles. The van der Waals surface area contributed by atoms with Gasteiger partial charge in [-0.2, -0.15) is 0 Å². The molecule has 0 aliphatic heterocycles. The summed E-state index contributed by atoms with van der Waals surface area (Å²) in [6, 6.07) is 12.9. The summed E-state index contributed by atoms with van der Waals surface area (Å²) >= 11 is 0. The van der Waals surface area contributed by atoms with Gasteiger partial charge in [-0.3, -0.25) is 14.4 Å². The van der Waals surface area contributed by atoms with E-state index in [9.17, 15) is 19.2 Å². The fourth-order valence-electron chi connectivity index (χ4n) is 2.46. The fourth-order valence-corrected chi connectivity index (χ4v) is 2.46. The highest BCUT2D eigenvalue weighted by Gasteiger charge is 2.12. The quantitative estimate of drug-likeness (QED) is 0.558. The number of benzene rings is 2. The lowest BCUT2D eigenvalue weighted by atomic mass is 10.2. The van der Waals surface area contributed by atoms with Crippen molar-refractivity contribution in [3.8, 4) is 5.75 Å². The number of methoxy groups -OCH3 is 1. The first-order valence-electron chi connectivity index (χ1n) is 9.57. The first-order valence-corrected chi connectivity index (χ1v) is 9.57. The second-order valence-electron chi connectivity index (χ2n) is 6.29. The van der Waals surface area contributed by atoms with Crippen molar-refractivity contribution < 1.29 is 33.4 Å². The zero-order valence-electron chi connectivity index (χ0n) is 17.3. The van der Waals surface area contributed by atoms with Crippen LogP contribution in [0, 0.1) is 0 Å². The number of hydrogen-bond acceptors (Lipinski definition) is 7. The van der Waals surface area contributed by atoms with Crippen LogP contribution in [0.2, 0.25) is 0 Å². The monoisotopic (exact) mass is 428 g/mol. The van der Waals surface area contributed by atoms with Crippen molar-refractivity contribution in [3.63, 3.8) is 0 Å². The first-order chi connectivity index (χ1) is 14.9. The van der Waals surface area contributed by atoms with Gasteiger partial charge >= 0.3 is 11.9 Å². The molecule has 0 unspecified atom stereocenters. The van der Waals surface area contributed by atoms with E-state index in [1.165, 1.54) is 19.2 Å². The smallest absolute Gasteiger partial charge is 0.338 e. The minimum atomic E-state index is -0.673. The molecule has 9 nitrogen and oxygen atoms in total. The first kappa shape index (κ1) is 23.4. The van der Waals surface area contributed by atoms with Crippen molar-refractivity contribution in [3.05, 3.63) is 54.1 Å². The number of anilines is 2. The summed E-state index contributed by atoms with van der Waals surface area (Å²) in [5.74, 6) is -1.45. The molecule has 2 aromatic rings. The predicted octanol–water partition coefficient (Wildman–Crippen LogP) is 2.77. The molecule has 2 aromatic carbocycles. The molecular weight excluding hydrogens is 404 g/mol. The van der Waals surface area contributed by atoms with Gasteiger partial charge in [0, 0.05) is 23.9 Å². The van der Waals surface area contributed by atoms with E-state index in [0.29, 0.717) is 22.7 Å². The topological polar surface area (TPSA) is 120 Å². The minimum Gasteiger partial charge on any atom is -0.497 e. The molecule has 0 spiro atoms. The van der Waals surface area contributed by atoms with Gasteiger partial charge in [0.2, 0.25) is 5.91 Å². The van der Waals surface area contributed by atoms with Gasteiger partial charge in [-0.1, -0.05) is 6.07 Å². The maximum Gasteiger partial charge on any atom is 0.338 e. The van der Waals surface area contributed by atoms with Crippen LogP contribution in [0.5, 0.6) is 5.75 Å². The van der Waals surface area contributed by atoms with Crippen LogP contribution in [0.15, 0.2) is 48.5 Å². The summed E-state index contributed by atoms with van der Waals surface area (Å²) in [5.41, 5.74) is 1.36. The van der Waals surface area contributed by atoms with Crippen LogP contribution in [0.25, 0.3) is 0 Å². The van der Waals surface area contributed by atoms with Crippen LogP contribution in [-0.2, 0) is 23.9 Å². The standard InChI is InChI=1S/C22H24N2O7/c1-3-30-22(28)15-7-9-16(10-8-15)23-19(25)11-12-21(27)31-14-20(26)24-17-5-4-6-18(13-17)29-2/h4-10,13H,3,11-12,14H2,1-2H3,(H,23,25)(H,24,26). The van der Waals surface area contributed by atoms with Crippen LogP contribution >= 0.6 is 0 Å². The van der Waals surface area contributed by atoms with Crippen molar-refractivity contribution in [1.82, 2.24) is 0 Å². The molecule has 31 heavy (non-hydrogen) atoms. The molecule has 9 heteroatoms. The Morgan fingerprint density at radius 2 is 1.55 bits per heavy atom. The number of amides is 2. The Morgan fingerprint density at radius 3 is 2.23 bits per heavy atom. The van der Waals surface area contributed by atoms with Crippen molar-refractivity contribution in [2.24, 2.45) is 0 Å². The van der Waals surface area contributed by atoms with Gasteiger partial charge in [0.1, 0.15) is 5.75 Å². The number of hydrogen-bond donors (Lipinski definition) is 2. The van der Waals surface area contributed by atoms with E-state index in [0.717, 1.165) is 0 Å². The molecule has 0 bridgehead atoms. The maximum absolute atomic E-state index is 12.0. The Balaban J connectivity index is 1.70. The van der Waals surface area contributed by atoms with E-state index in [4.69, 9.17) is 14.2 Å². The summed E-state index contributed by atoms with van der Waals surface area (Å²) in [7, 11) is 1.51. The number of carbonyl (C=O) groups is 4. The average molecular weight is 428 g/mol. The molecule has 0 atom stereocenters. The molecule has 2 N–H and O–H groups in total. The van der Waals surface area contributed by atoms with Gasteiger partial charge in [0.05, 0.1) is 25.7 Å². The molecule has 0 radical (unpaired) electrons. The zero-order valence-corrected chi connectivity index (χ0v) is 17.3. The predicted molar refractivity (Wildman–Crippen MR) is 113 cm³/mol. The lowest BCUT2D eigenvalue weighted by Crippen LogP contribution is -2.21. The van der Waals surface area contributed by atoms with Gasteiger partial charge in [-0.15, -0.1) is 0 Å². The average Bonchev–Trinajstić information content (AvgIpc) is 2.77. The summed E-state index contributed by atoms with van der Waals surface area (Å²) in [4.78, 5) is 47.2. The van der Waals surface area contributed by atoms with Gasteiger partial charge in [0.25, 0.3) is 5.91 Å². The number of rotatable bonds is 10. The molecule has 2 rings (SSSR count). The van der Waals surface area contributed by atoms with Crippen molar-refractivity contribution >= 4 is 35.1 Å². The fraction of sp³-hybridized carbons (Fsp3) is 0.273. The van der Waals surface area contributed by atoms with Gasteiger partial charge in [0.15, 0.2) is 6.61 Å². The Morgan fingerprint density at radius 1 is 0.839 bits per heavy atom. The third-order valence-electron chi connectivity index (χ3n) is 3.95. The molecular formula is C22H24N2O7. The minimum absolute atomic E-state index is 0.115. The third-order valence-corrected chi connectivity index (χ3v) is 3.95. The highest BCUT2D eigenvalue weighted by atomic mass is 16.5. The Bertz CT molecular complexity index is 926. The lowest BCUT2D eigenvalue weighted by Gasteiger charge is -2.08. The zero-order chi connectivity index (χ0) is 22.6. The van der Waals surface area contributed by atoms with E-state index >= 15 is 0 Å². The highest BCUT2D eigenvalue weighted by Crippen LogP contribution is 2.16. The van der Waals surface area contributed by atoms with E-state index in [2.05, 4.69) is 10.6 Å². The van der Waals surface area contributed by atoms with E-state index in [1.54, 1.807) is 43.3 Å². The number of nitrogens with one attached hydrogen (secondary N) is 2. The van der Waals surface area contributed by atoms with E-state index in [-0.39, 0.29) is 19.4 Å². The van der Waals surface area contributed by atoms with Gasteiger partial charge in [-0.05, 0) is 43.3 Å². The number of esters is 2. The number of carbonyl (C=O) groups excluding carboxylic acids is 4. The molecule has 0 aliphatic carbocycles. The molecule has 0 aromatic heterocycles. The molecule has 0 saturated heterocycles. The lowest BCUT2D eigenvalue weighted by molar-refractivity contribution is -0.147. The Labute approximate surface area is 179 Å². The van der Waals surface area contributed by atoms with Gasteiger partial charge in [-0.25, -0.2) is 4.79 Å². The molecule has 0 saturated carbocycles. The summed E-state index contributed by atoms with van der Waals surface area (Å²) in [6.07, 6.45) is -0.296. The van der Waals surface area contributed by atoms with Gasteiger partial charge < -0.3 is 24.8 Å². The van der Waals surface area contributed by atoms with E-state index in [1.807, 2.05) is 0 Å². The van der Waals surface area contributed by atoms with Crippen molar-refractivity contribution in [2.75, 3.05) is 31.0 Å². The van der Waals surface area contributed by atoms with Crippen molar-refractivity contribution in [2.45, 2.75) is 19.8 Å². The summed E-state index contributed by atoms with van der Waals surface area (Å²) in [6.45, 7) is 1.52. The van der Waals surface area contributed by atoms with E-state index < -0.39 is 30.4 Å². The van der Waals surface area contributed by atoms with Crippen molar-refractivity contribution in [1.29, 1.82) is 0 Å². The second-order valence-corrected chi connectivity index (χ2v) is 6.29. The van der Waals surface area contributed by atoms with Crippen LogP contribution in [0.1, 0.15) is 30.1 Å². The summed E-state index contributed by atoms with van der Waals surface area (Å²) < 4.78 is 14.8. The second kappa shape index (κ2) is 12.0. The highest BCUT2D eigenvalue weighted by molar-refractivity contribution is 5.95. The molecule has 2 amide bonds. The van der Waals surface area contributed by atoms with Crippen LogP contribution in [0.3, 0.4) is 0 Å². The van der Waals surface area contributed by atoms with Crippen LogP contribution in [0.4, 0.5) is 11.4 Å². The molecule has 164 valence electrons.